The molecule has 0 radical (unpaired) electrons. The lowest BCUT2D eigenvalue weighted by atomic mass is 11.4. The lowest BCUT2D eigenvalue weighted by Gasteiger charge is -1.82. The number of rotatable bonds is 1. The van der Waals surface area contributed by atoms with Crippen LogP contribution in [0.5, 0.6) is 0 Å². The number of nitrogens with two attached hydrogens (primary N) is 1. The van der Waals surface area contributed by atoms with Crippen molar-refractivity contribution in [1.82, 2.24) is 0 Å². The third-order valence-electron chi connectivity index (χ3n) is 0.431. The molecule has 68 valence electrons. The smallest absolute Gasteiger partial charge is 0.379 e. The molecule has 0 saturated carbocycles. The minimum Gasteiger partial charge on any atom is -0.379 e. The number of nitrogens with one attached hydrogen (secondary N) is 1. The summed E-state index contributed by atoms with van der Waals surface area (Å²) in [5.41, 5.74) is 4.84. The first-order valence-corrected chi connectivity index (χ1v) is 4.83. The fraction of sp³-hybridized carbons (Fsp3) is 0.667. The van der Waals surface area contributed by atoms with Gasteiger partial charge in [-0.25, -0.2) is 0 Å². The summed E-state index contributed by atoms with van der Waals surface area (Å²) in [7, 11) is -3.29. The monoisotopic (exact) mass is 202 g/mol. The molecule has 0 atom stereocenters. The molecule has 0 aromatic heterocycles. The van der Waals surface area contributed by atoms with Crippen LogP contribution in [0.15, 0.2) is 0 Å². The normalized spacial score (nSPS) is 9.73. The van der Waals surface area contributed by atoms with Gasteiger partial charge < -0.3 is 5.73 Å². The highest BCUT2D eigenvalue weighted by molar-refractivity contribution is 8.13. The van der Waals surface area contributed by atoms with E-state index in [4.69, 9.17) is 15.7 Å². The van der Waals surface area contributed by atoms with Crippen molar-refractivity contribution in [1.29, 1.82) is 5.41 Å². The summed E-state index contributed by atoms with van der Waals surface area (Å²) in [6, 6.07) is 0. The summed E-state index contributed by atoms with van der Waals surface area (Å²) >= 11 is 1.24. The minimum atomic E-state index is -4.16. The van der Waals surface area contributed by atoms with E-state index in [-0.39, 0.29) is 5.17 Å². The number of hydrogen-bond acceptors (Lipinski definition) is 5. The van der Waals surface area contributed by atoms with Gasteiger partial charge in [0.05, 0.1) is 7.11 Å². The molecule has 11 heavy (non-hydrogen) atoms. The van der Waals surface area contributed by atoms with Crippen LogP contribution < -0.4 is 5.73 Å². The molecule has 0 fully saturated rings. The van der Waals surface area contributed by atoms with Gasteiger partial charge in [0.15, 0.2) is 5.17 Å². The van der Waals surface area contributed by atoms with Gasteiger partial charge in [-0.3, -0.25) is 14.1 Å². The average Bonchev–Trinajstić information content (AvgIpc) is 1.88. The second-order valence-corrected chi connectivity index (χ2v) is 3.20. The molecule has 0 heterocycles. The van der Waals surface area contributed by atoms with Gasteiger partial charge in [-0.1, -0.05) is 11.8 Å². The van der Waals surface area contributed by atoms with Crippen LogP contribution in [0, 0.1) is 5.41 Å². The van der Waals surface area contributed by atoms with Crippen LogP contribution in [0.2, 0.25) is 0 Å². The molecular weight excluding hydrogens is 192 g/mol. The molecule has 0 unspecified atom stereocenters. The quantitative estimate of drug-likeness (QED) is 0.305. The zero-order valence-corrected chi connectivity index (χ0v) is 7.70. The van der Waals surface area contributed by atoms with Crippen molar-refractivity contribution in [3.8, 4) is 0 Å². The van der Waals surface area contributed by atoms with Crippen molar-refractivity contribution in [2.45, 2.75) is 0 Å². The summed E-state index contributed by atoms with van der Waals surface area (Å²) in [4.78, 5) is 0. The third-order valence-corrected chi connectivity index (χ3v) is 1.29. The van der Waals surface area contributed by atoms with Gasteiger partial charge in [0.25, 0.3) is 0 Å². The van der Waals surface area contributed by atoms with Gasteiger partial charge in [0.2, 0.25) is 0 Å². The first kappa shape index (κ1) is 13.3. The predicted octanol–water partition coefficient (Wildman–Crippen LogP) is -0.322. The zero-order chi connectivity index (χ0) is 9.49. The Labute approximate surface area is 69.6 Å². The van der Waals surface area contributed by atoms with Crippen molar-refractivity contribution < 1.29 is 17.2 Å². The lowest BCUT2D eigenvalue weighted by Crippen LogP contribution is -2.01. The molecule has 4 N–H and O–H groups in total. The topological polar surface area (TPSA) is 113 Å². The molecule has 0 aliphatic carbocycles. The highest BCUT2D eigenvalue weighted by Gasteiger charge is 1.93. The van der Waals surface area contributed by atoms with Crippen molar-refractivity contribution in [2.24, 2.45) is 5.73 Å². The highest BCUT2D eigenvalue weighted by Crippen LogP contribution is 1.83. The Kier molecular flexibility index (Phi) is 7.74. The van der Waals surface area contributed by atoms with Crippen LogP contribution in [0.3, 0.4) is 0 Å². The fourth-order valence-corrected chi connectivity index (χ4v) is 0. The van der Waals surface area contributed by atoms with E-state index in [9.17, 15) is 8.42 Å². The molecule has 0 aliphatic heterocycles. The summed E-state index contributed by atoms with van der Waals surface area (Å²) in [5.74, 6) is 0. The van der Waals surface area contributed by atoms with E-state index in [1.165, 1.54) is 11.8 Å². The van der Waals surface area contributed by atoms with Gasteiger partial charge in [0, 0.05) is 0 Å². The van der Waals surface area contributed by atoms with Crippen LogP contribution in [-0.2, 0) is 14.6 Å². The van der Waals surface area contributed by atoms with E-state index in [0.29, 0.717) is 0 Å². The third kappa shape index (κ3) is 26.1. The van der Waals surface area contributed by atoms with Crippen LogP contribution in [0.1, 0.15) is 0 Å². The van der Waals surface area contributed by atoms with Crippen LogP contribution in [-0.4, -0.2) is 31.5 Å². The molecule has 0 rings (SSSR count). The summed E-state index contributed by atoms with van der Waals surface area (Å²) in [5, 5.41) is 6.66. The standard InChI is InChI=1S/C2H6N2S.CH4O4S/c1-5-2(3)4;1-5-6(2,3)4/h1H3,(H3,3,4);1H3,(H,2,3,4). The fourth-order valence-electron chi connectivity index (χ4n) is 0. The van der Waals surface area contributed by atoms with E-state index in [0.717, 1.165) is 7.11 Å². The van der Waals surface area contributed by atoms with E-state index in [1.807, 2.05) is 0 Å². The Hall–Kier alpha value is -0.310. The van der Waals surface area contributed by atoms with Crippen molar-refractivity contribution in [3.05, 3.63) is 0 Å². The van der Waals surface area contributed by atoms with Crippen LogP contribution in [0.25, 0.3) is 0 Å². The van der Waals surface area contributed by atoms with Gasteiger partial charge >= 0.3 is 10.4 Å². The van der Waals surface area contributed by atoms with Gasteiger partial charge in [-0.05, 0) is 6.26 Å². The maximum atomic E-state index is 9.33. The van der Waals surface area contributed by atoms with E-state index in [1.54, 1.807) is 6.26 Å². The molecule has 0 bridgehead atoms. The van der Waals surface area contributed by atoms with Gasteiger partial charge in [0.1, 0.15) is 0 Å². The SMILES string of the molecule is COS(=O)(=O)O.CSC(=N)N. The lowest BCUT2D eigenvalue weighted by molar-refractivity contribution is 0.324. The Morgan fingerprint density at radius 1 is 1.73 bits per heavy atom. The number of thioether (sulfide) groups is 1. The number of hydrogen-bond donors (Lipinski definition) is 3. The molecule has 0 aliphatic rings. The second-order valence-electron chi connectivity index (χ2n) is 1.16. The Balaban J connectivity index is 0. The Bertz CT molecular complexity index is 199. The first-order valence-electron chi connectivity index (χ1n) is 2.24. The zero-order valence-electron chi connectivity index (χ0n) is 6.07. The van der Waals surface area contributed by atoms with Crippen molar-refractivity contribution in [3.63, 3.8) is 0 Å². The van der Waals surface area contributed by atoms with Crippen molar-refractivity contribution >= 4 is 27.3 Å². The molecule has 0 amide bonds. The summed E-state index contributed by atoms with van der Waals surface area (Å²) in [6.45, 7) is 0. The minimum absolute atomic E-state index is 0.171. The second kappa shape index (κ2) is 6.40. The van der Waals surface area contributed by atoms with Crippen LogP contribution in [0.4, 0.5) is 0 Å². The van der Waals surface area contributed by atoms with E-state index in [2.05, 4.69) is 4.18 Å². The van der Waals surface area contributed by atoms with Gasteiger partial charge in [-0.2, -0.15) is 8.42 Å². The first-order chi connectivity index (χ1) is 4.83. The summed E-state index contributed by atoms with van der Waals surface area (Å²) in [6.07, 6.45) is 1.77. The number of amidine groups is 1. The van der Waals surface area contributed by atoms with Gasteiger partial charge in [-0.15, -0.1) is 0 Å². The maximum Gasteiger partial charge on any atom is 0.397 e. The van der Waals surface area contributed by atoms with E-state index < -0.39 is 10.4 Å². The molecule has 0 aromatic rings. The van der Waals surface area contributed by atoms with Crippen LogP contribution >= 0.6 is 11.8 Å². The highest BCUT2D eigenvalue weighted by atomic mass is 32.3. The molecule has 0 saturated heterocycles. The maximum absolute atomic E-state index is 9.33. The van der Waals surface area contributed by atoms with E-state index >= 15 is 0 Å². The predicted molar refractivity (Wildman–Crippen MR) is 44.0 cm³/mol. The average molecular weight is 202 g/mol. The largest absolute Gasteiger partial charge is 0.397 e. The summed E-state index contributed by atoms with van der Waals surface area (Å²) < 4.78 is 29.7. The van der Waals surface area contributed by atoms with Crippen molar-refractivity contribution in [2.75, 3.05) is 13.4 Å². The molecular formula is C3H10N2O4S2. The Morgan fingerprint density at radius 3 is 1.91 bits per heavy atom. The Morgan fingerprint density at radius 2 is 1.91 bits per heavy atom. The molecule has 6 nitrogen and oxygen atoms in total. The molecule has 0 spiro atoms. The molecule has 8 heteroatoms. The molecule has 0 aromatic carbocycles.